The van der Waals surface area contributed by atoms with E-state index in [0.29, 0.717) is 10.0 Å². The van der Waals surface area contributed by atoms with Gasteiger partial charge < -0.3 is 0 Å². The highest BCUT2D eigenvalue weighted by atomic mass is 35.5. The maximum Gasteiger partial charge on any atom is 0.0910 e. The van der Waals surface area contributed by atoms with Gasteiger partial charge in [0.1, 0.15) is 0 Å². The van der Waals surface area contributed by atoms with E-state index in [4.69, 9.17) is 23.2 Å². The van der Waals surface area contributed by atoms with Crippen LogP contribution in [0.3, 0.4) is 0 Å². The summed E-state index contributed by atoms with van der Waals surface area (Å²) < 4.78 is 0. The Labute approximate surface area is 113 Å². The molecule has 0 atom stereocenters. The predicted octanol–water partition coefficient (Wildman–Crippen LogP) is 4.00. The van der Waals surface area contributed by atoms with Crippen molar-refractivity contribution in [3.63, 3.8) is 0 Å². The highest BCUT2D eigenvalue weighted by molar-refractivity contribution is 6.42. The number of nitrogens with zero attached hydrogens (tertiary/aromatic N) is 3. The van der Waals surface area contributed by atoms with Crippen molar-refractivity contribution in [3.05, 3.63) is 52.9 Å². The van der Waals surface area contributed by atoms with Crippen LogP contribution in [0.25, 0.3) is 22.3 Å². The first-order chi connectivity index (χ1) is 8.74. The van der Waals surface area contributed by atoms with Crippen molar-refractivity contribution < 1.29 is 0 Å². The molecular formula is C13H7Cl2N3. The van der Waals surface area contributed by atoms with E-state index in [-0.39, 0.29) is 0 Å². The van der Waals surface area contributed by atoms with Crippen LogP contribution >= 0.6 is 23.2 Å². The van der Waals surface area contributed by atoms with E-state index < -0.39 is 0 Å². The van der Waals surface area contributed by atoms with Gasteiger partial charge in [0.25, 0.3) is 0 Å². The Morgan fingerprint density at radius 2 is 1.56 bits per heavy atom. The van der Waals surface area contributed by atoms with E-state index in [1.807, 2.05) is 12.1 Å². The molecule has 0 aliphatic carbocycles. The van der Waals surface area contributed by atoms with Gasteiger partial charge in [-0.2, -0.15) is 0 Å². The third-order valence-corrected chi connectivity index (χ3v) is 3.28. The summed E-state index contributed by atoms with van der Waals surface area (Å²) in [6, 6.07) is 7.19. The van der Waals surface area contributed by atoms with Gasteiger partial charge in [-0.05, 0) is 24.3 Å². The number of fused-ring (bicyclic) bond motifs is 1. The molecule has 5 heteroatoms. The maximum atomic E-state index is 5.98. The van der Waals surface area contributed by atoms with Gasteiger partial charge in [0.2, 0.25) is 0 Å². The molecule has 18 heavy (non-hydrogen) atoms. The Bertz CT molecular complexity index is 714. The third kappa shape index (κ3) is 2.03. The van der Waals surface area contributed by atoms with Crippen LogP contribution in [0.15, 0.2) is 42.9 Å². The molecule has 2 heterocycles. The van der Waals surface area contributed by atoms with E-state index in [0.717, 1.165) is 22.3 Å². The molecule has 3 nitrogen and oxygen atoms in total. The molecule has 0 radical (unpaired) electrons. The van der Waals surface area contributed by atoms with Crippen LogP contribution in [0.2, 0.25) is 10.0 Å². The van der Waals surface area contributed by atoms with E-state index in [1.54, 1.807) is 30.7 Å². The van der Waals surface area contributed by atoms with E-state index in [1.165, 1.54) is 0 Å². The van der Waals surface area contributed by atoms with Crippen molar-refractivity contribution in [2.24, 2.45) is 0 Å². The van der Waals surface area contributed by atoms with Crippen molar-refractivity contribution in [3.8, 4) is 11.3 Å². The fraction of sp³-hybridized carbons (Fsp3) is 0. The Balaban J connectivity index is 2.20. The van der Waals surface area contributed by atoms with Gasteiger partial charge in [-0.3, -0.25) is 9.97 Å². The van der Waals surface area contributed by atoms with Gasteiger partial charge >= 0.3 is 0 Å². The average molecular weight is 276 g/mol. The molecule has 0 bridgehead atoms. The third-order valence-electron chi connectivity index (χ3n) is 2.56. The van der Waals surface area contributed by atoms with Gasteiger partial charge in [0, 0.05) is 18.0 Å². The summed E-state index contributed by atoms with van der Waals surface area (Å²) in [5.41, 5.74) is 3.19. The number of aromatic nitrogens is 3. The molecule has 0 spiro atoms. The number of pyridine rings is 1. The largest absolute Gasteiger partial charge is 0.265 e. The fourth-order valence-corrected chi connectivity index (χ4v) is 1.99. The summed E-state index contributed by atoms with van der Waals surface area (Å²) in [5.74, 6) is 0. The molecule has 2 aromatic heterocycles. The van der Waals surface area contributed by atoms with E-state index >= 15 is 0 Å². The zero-order valence-corrected chi connectivity index (χ0v) is 10.7. The smallest absolute Gasteiger partial charge is 0.0910 e. The molecule has 1 aromatic carbocycles. The van der Waals surface area contributed by atoms with Crippen molar-refractivity contribution in [2.45, 2.75) is 0 Å². The van der Waals surface area contributed by atoms with Crippen LogP contribution in [0.5, 0.6) is 0 Å². The number of benzene rings is 1. The van der Waals surface area contributed by atoms with Crippen LogP contribution in [0.1, 0.15) is 0 Å². The molecule has 0 saturated heterocycles. The molecule has 0 N–H and O–H groups in total. The summed E-state index contributed by atoms with van der Waals surface area (Å²) in [4.78, 5) is 12.8. The summed E-state index contributed by atoms with van der Waals surface area (Å²) in [5, 5.41) is 0.959. The van der Waals surface area contributed by atoms with Gasteiger partial charge in [-0.25, -0.2) is 4.98 Å². The van der Waals surface area contributed by atoms with Gasteiger partial charge in [0.05, 0.1) is 33.0 Å². The Kier molecular flexibility index (Phi) is 2.86. The minimum absolute atomic E-state index is 0.477. The number of rotatable bonds is 1. The molecule has 3 rings (SSSR count). The number of hydrogen-bond donors (Lipinski definition) is 0. The van der Waals surface area contributed by atoms with Crippen LogP contribution in [0.4, 0.5) is 0 Å². The van der Waals surface area contributed by atoms with Crippen molar-refractivity contribution >= 4 is 34.2 Å². The summed E-state index contributed by atoms with van der Waals surface area (Å²) in [7, 11) is 0. The van der Waals surface area contributed by atoms with Gasteiger partial charge in [-0.15, -0.1) is 0 Å². The minimum atomic E-state index is 0.477. The first-order valence-corrected chi connectivity index (χ1v) is 6.02. The second kappa shape index (κ2) is 4.52. The standard InChI is InChI=1S/C13H7Cl2N3/c14-9-5-11-12(6-10(9)15)18-13(7-17-11)8-1-3-16-4-2-8/h1-7H. The summed E-state index contributed by atoms with van der Waals surface area (Å²) >= 11 is 11.9. The lowest BCUT2D eigenvalue weighted by atomic mass is 10.2. The molecular weight excluding hydrogens is 269 g/mol. The van der Waals surface area contributed by atoms with E-state index in [2.05, 4.69) is 15.0 Å². The molecule has 0 unspecified atom stereocenters. The fourth-order valence-electron chi connectivity index (χ4n) is 1.67. The molecule has 0 amide bonds. The molecule has 0 fully saturated rings. The highest BCUT2D eigenvalue weighted by Crippen LogP contribution is 2.27. The van der Waals surface area contributed by atoms with Crippen molar-refractivity contribution in [2.75, 3.05) is 0 Å². The lowest BCUT2D eigenvalue weighted by Gasteiger charge is -2.03. The normalized spacial score (nSPS) is 10.8. The van der Waals surface area contributed by atoms with Crippen LogP contribution in [0, 0.1) is 0 Å². The Morgan fingerprint density at radius 3 is 2.28 bits per heavy atom. The van der Waals surface area contributed by atoms with Crippen LogP contribution < -0.4 is 0 Å². The highest BCUT2D eigenvalue weighted by Gasteiger charge is 2.05. The molecule has 0 aliphatic heterocycles. The average Bonchev–Trinajstić information content (AvgIpc) is 2.41. The zero-order valence-electron chi connectivity index (χ0n) is 9.14. The number of hydrogen-bond acceptors (Lipinski definition) is 3. The second-order valence-corrected chi connectivity index (χ2v) is 4.56. The summed E-state index contributed by atoms with van der Waals surface area (Å²) in [6.45, 7) is 0. The lowest BCUT2D eigenvalue weighted by molar-refractivity contribution is 1.27. The Morgan fingerprint density at radius 1 is 0.889 bits per heavy atom. The quantitative estimate of drug-likeness (QED) is 0.674. The Hall–Kier alpha value is -1.71. The lowest BCUT2D eigenvalue weighted by Crippen LogP contribution is -1.89. The maximum absolute atomic E-state index is 5.98. The summed E-state index contributed by atoms with van der Waals surface area (Å²) in [6.07, 6.45) is 5.15. The predicted molar refractivity (Wildman–Crippen MR) is 72.8 cm³/mol. The first kappa shape index (κ1) is 11.4. The molecule has 3 aromatic rings. The van der Waals surface area contributed by atoms with Crippen LogP contribution in [-0.4, -0.2) is 15.0 Å². The SMILES string of the molecule is Clc1cc2ncc(-c3ccncc3)nc2cc1Cl. The van der Waals surface area contributed by atoms with E-state index in [9.17, 15) is 0 Å². The van der Waals surface area contributed by atoms with Gasteiger partial charge in [-0.1, -0.05) is 23.2 Å². The molecule has 88 valence electrons. The van der Waals surface area contributed by atoms with Crippen molar-refractivity contribution in [1.82, 2.24) is 15.0 Å². The second-order valence-electron chi connectivity index (χ2n) is 3.75. The first-order valence-electron chi connectivity index (χ1n) is 5.26. The molecule has 0 aliphatic rings. The minimum Gasteiger partial charge on any atom is -0.265 e. The zero-order chi connectivity index (χ0) is 12.5. The topological polar surface area (TPSA) is 38.7 Å². The van der Waals surface area contributed by atoms with Crippen molar-refractivity contribution in [1.29, 1.82) is 0 Å². The number of halogens is 2. The molecule has 0 saturated carbocycles. The van der Waals surface area contributed by atoms with Gasteiger partial charge in [0.15, 0.2) is 0 Å². The van der Waals surface area contributed by atoms with Crippen LogP contribution in [-0.2, 0) is 0 Å². The monoisotopic (exact) mass is 275 g/mol.